The highest BCUT2D eigenvalue weighted by Crippen LogP contribution is 2.18. The van der Waals surface area contributed by atoms with E-state index in [-0.39, 0.29) is 35.1 Å². The number of anilines is 1. The van der Waals surface area contributed by atoms with Crippen LogP contribution < -0.4 is 10.0 Å². The lowest BCUT2D eigenvalue weighted by molar-refractivity contribution is -0.121. The summed E-state index contributed by atoms with van der Waals surface area (Å²) in [5, 5.41) is 4.68. The summed E-state index contributed by atoms with van der Waals surface area (Å²) in [5.74, 6) is -1.26. The van der Waals surface area contributed by atoms with Crippen LogP contribution in [0, 0.1) is 5.82 Å². The van der Waals surface area contributed by atoms with Gasteiger partial charge in [0.25, 0.3) is 15.9 Å². The van der Waals surface area contributed by atoms with Gasteiger partial charge in [0.2, 0.25) is 5.91 Å². The Morgan fingerprint density at radius 1 is 1.06 bits per heavy atom. The molecule has 0 aliphatic carbocycles. The van der Waals surface area contributed by atoms with Crippen molar-refractivity contribution in [3.63, 3.8) is 0 Å². The van der Waals surface area contributed by atoms with Crippen molar-refractivity contribution in [2.24, 2.45) is 0 Å². The van der Waals surface area contributed by atoms with Gasteiger partial charge in [0, 0.05) is 22.7 Å². The van der Waals surface area contributed by atoms with Gasteiger partial charge in [0.05, 0.1) is 18.0 Å². The Labute approximate surface area is 189 Å². The van der Waals surface area contributed by atoms with Gasteiger partial charge >= 0.3 is 0 Å². The Hall–Kier alpha value is -3.24. The molecule has 0 aliphatic heterocycles. The van der Waals surface area contributed by atoms with E-state index in [9.17, 15) is 22.4 Å². The zero-order valence-corrected chi connectivity index (χ0v) is 18.9. The van der Waals surface area contributed by atoms with Gasteiger partial charge < -0.3 is 10.2 Å². The van der Waals surface area contributed by atoms with Gasteiger partial charge in [-0.15, -0.1) is 11.3 Å². The molecule has 2 amide bonds. The first kappa shape index (κ1) is 23.4. The zero-order chi connectivity index (χ0) is 23.1. The van der Waals surface area contributed by atoms with Crippen molar-refractivity contribution in [2.75, 3.05) is 17.8 Å². The van der Waals surface area contributed by atoms with Crippen molar-refractivity contribution >= 4 is 38.9 Å². The molecule has 1 aromatic heterocycles. The summed E-state index contributed by atoms with van der Waals surface area (Å²) < 4.78 is 40.8. The number of benzene rings is 2. The molecule has 0 saturated carbocycles. The van der Waals surface area contributed by atoms with Gasteiger partial charge in [-0.25, -0.2) is 12.8 Å². The third kappa shape index (κ3) is 6.14. The molecular weight excluding hydrogens is 453 g/mol. The normalized spacial score (nSPS) is 11.1. The Balaban J connectivity index is 1.69. The van der Waals surface area contributed by atoms with E-state index >= 15 is 0 Å². The Morgan fingerprint density at radius 3 is 2.47 bits per heavy atom. The minimum absolute atomic E-state index is 0.120. The van der Waals surface area contributed by atoms with Crippen LogP contribution >= 0.6 is 11.3 Å². The number of rotatable bonds is 9. The molecule has 0 fully saturated rings. The largest absolute Gasteiger partial charge is 0.350 e. The molecule has 2 N–H and O–H groups in total. The molecule has 10 heteroatoms. The van der Waals surface area contributed by atoms with Crippen molar-refractivity contribution < 1.29 is 22.4 Å². The molecule has 0 saturated heterocycles. The molecule has 3 aromatic rings. The van der Waals surface area contributed by atoms with Gasteiger partial charge in [0.1, 0.15) is 5.82 Å². The highest BCUT2D eigenvalue weighted by atomic mass is 32.2. The second-order valence-electron chi connectivity index (χ2n) is 6.82. The van der Waals surface area contributed by atoms with Crippen molar-refractivity contribution in [3.05, 3.63) is 82.3 Å². The van der Waals surface area contributed by atoms with Gasteiger partial charge in [-0.05, 0) is 60.8 Å². The number of halogens is 1. The average Bonchev–Trinajstić information content (AvgIpc) is 3.31. The molecule has 0 bridgehead atoms. The SMILES string of the molecule is CCN(CC(=O)NCc1cccs1)C(=O)c1cccc(S(=O)(=O)Nc2ccc(F)cc2)c1. The minimum Gasteiger partial charge on any atom is -0.350 e. The molecule has 0 aliphatic rings. The van der Waals surface area contributed by atoms with Crippen LogP contribution in [0.2, 0.25) is 0 Å². The summed E-state index contributed by atoms with van der Waals surface area (Å²) in [6, 6.07) is 14.2. The predicted octanol–water partition coefficient (Wildman–Crippen LogP) is 3.47. The topological polar surface area (TPSA) is 95.6 Å². The lowest BCUT2D eigenvalue weighted by atomic mass is 10.2. The van der Waals surface area contributed by atoms with E-state index < -0.39 is 21.7 Å². The summed E-state index contributed by atoms with van der Waals surface area (Å²) in [6.45, 7) is 2.24. The van der Waals surface area contributed by atoms with Crippen LogP contribution in [0.25, 0.3) is 0 Å². The van der Waals surface area contributed by atoms with E-state index in [2.05, 4.69) is 10.0 Å². The molecule has 7 nitrogen and oxygen atoms in total. The first-order valence-corrected chi connectivity index (χ1v) is 12.1. The van der Waals surface area contributed by atoms with E-state index in [0.717, 1.165) is 17.0 Å². The third-order valence-electron chi connectivity index (χ3n) is 4.53. The lowest BCUT2D eigenvalue weighted by Crippen LogP contribution is -2.40. The lowest BCUT2D eigenvalue weighted by Gasteiger charge is -2.20. The zero-order valence-electron chi connectivity index (χ0n) is 17.2. The van der Waals surface area contributed by atoms with E-state index in [4.69, 9.17) is 0 Å². The number of nitrogens with one attached hydrogen (secondary N) is 2. The molecule has 0 spiro atoms. The fourth-order valence-electron chi connectivity index (χ4n) is 2.87. The Kier molecular flexibility index (Phi) is 7.60. The summed E-state index contributed by atoms with van der Waals surface area (Å²) in [7, 11) is -3.99. The molecule has 168 valence electrons. The molecule has 0 atom stereocenters. The first-order chi connectivity index (χ1) is 15.3. The molecular formula is C22H22FN3O4S2. The van der Waals surface area contributed by atoms with Crippen molar-refractivity contribution in [2.45, 2.75) is 18.4 Å². The third-order valence-corrected chi connectivity index (χ3v) is 6.79. The Bertz CT molecular complexity index is 1180. The number of thiophene rings is 1. The minimum atomic E-state index is -3.99. The predicted molar refractivity (Wildman–Crippen MR) is 121 cm³/mol. The fraction of sp³-hybridized carbons (Fsp3) is 0.182. The summed E-state index contributed by atoms with van der Waals surface area (Å²) in [4.78, 5) is 27.4. The summed E-state index contributed by atoms with van der Waals surface area (Å²) >= 11 is 1.52. The van der Waals surface area contributed by atoms with Crippen molar-refractivity contribution in [1.29, 1.82) is 0 Å². The van der Waals surface area contributed by atoms with Crippen molar-refractivity contribution in [3.8, 4) is 0 Å². The number of hydrogen-bond donors (Lipinski definition) is 2. The standard InChI is InChI=1S/C22H22FN3O4S2/c1-2-26(15-21(27)24-14-19-6-4-12-31-19)22(28)16-5-3-7-20(13-16)32(29,30)25-18-10-8-17(23)9-11-18/h3-13,25H,2,14-15H2,1H3,(H,24,27). The second-order valence-corrected chi connectivity index (χ2v) is 9.53. The van der Waals surface area contributed by atoms with Gasteiger partial charge in [-0.1, -0.05) is 12.1 Å². The fourth-order valence-corrected chi connectivity index (χ4v) is 4.61. The number of hydrogen-bond acceptors (Lipinski definition) is 5. The Morgan fingerprint density at radius 2 is 1.81 bits per heavy atom. The molecule has 0 radical (unpaired) electrons. The maximum absolute atomic E-state index is 13.1. The maximum Gasteiger partial charge on any atom is 0.261 e. The number of sulfonamides is 1. The summed E-state index contributed by atoms with van der Waals surface area (Å²) in [5.41, 5.74) is 0.334. The smallest absolute Gasteiger partial charge is 0.261 e. The second kappa shape index (κ2) is 10.4. The molecule has 0 unspecified atom stereocenters. The molecule has 32 heavy (non-hydrogen) atoms. The van der Waals surface area contributed by atoms with Crippen LogP contribution in [0.15, 0.2) is 70.9 Å². The molecule has 3 rings (SSSR count). The van der Waals surface area contributed by atoms with Crippen LogP contribution in [0.4, 0.5) is 10.1 Å². The average molecular weight is 476 g/mol. The van der Waals surface area contributed by atoms with Crippen LogP contribution in [0.5, 0.6) is 0 Å². The number of nitrogens with zero attached hydrogens (tertiary/aromatic N) is 1. The van der Waals surface area contributed by atoms with Gasteiger partial charge in [-0.3, -0.25) is 14.3 Å². The van der Waals surface area contributed by atoms with E-state index in [1.165, 1.54) is 52.6 Å². The first-order valence-electron chi connectivity index (χ1n) is 9.75. The number of carbonyl (C=O) groups excluding carboxylic acids is 2. The van der Waals surface area contributed by atoms with Crippen LogP contribution in [-0.2, 0) is 21.4 Å². The van der Waals surface area contributed by atoms with E-state index in [1.54, 1.807) is 6.92 Å². The van der Waals surface area contributed by atoms with Crippen LogP contribution in [0.3, 0.4) is 0 Å². The van der Waals surface area contributed by atoms with Gasteiger partial charge in [0.15, 0.2) is 0 Å². The number of carbonyl (C=O) groups is 2. The quantitative estimate of drug-likeness (QED) is 0.495. The maximum atomic E-state index is 13.1. The van der Waals surface area contributed by atoms with Crippen LogP contribution in [-0.4, -0.2) is 38.2 Å². The van der Waals surface area contributed by atoms with Gasteiger partial charge in [-0.2, -0.15) is 0 Å². The van der Waals surface area contributed by atoms with Crippen LogP contribution in [0.1, 0.15) is 22.2 Å². The highest BCUT2D eigenvalue weighted by molar-refractivity contribution is 7.92. The number of likely N-dealkylation sites (N-methyl/N-ethyl adjacent to an activating group) is 1. The molecule has 1 heterocycles. The number of amides is 2. The monoisotopic (exact) mass is 475 g/mol. The van der Waals surface area contributed by atoms with Crippen molar-refractivity contribution in [1.82, 2.24) is 10.2 Å². The highest BCUT2D eigenvalue weighted by Gasteiger charge is 2.21. The molecule has 2 aromatic carbocycles. The van der Waals surface area contributed by atoms with E-state index in [0.29, 0.717) is 6.54 Å². The van der Waals surface area contributed by atoms with E-state index in [1.807, 2.05) is 17.5 Å². The summed E-state index contributed by atoms with van der Waals surface area (Å²) in [6.07, 6.45) is 0.